The van der Waals surface area contributed by atoms with Crippen molar-refractivity contribution in [2.24, 2.45) is 5.73 Å². The summed E-state index contributed by atoms with van der Waals surface area (Å²) < 4.78 is 0. The van der Waals surface area contributed by atoms with E-state index < -0.39 is 0 Å². The topological polar surface area (TPSA) is 38.9 Å². The molecule has 1 heterocycles. The van der Waals surface area contributed by atoms with Crippen LogP contribution in [-0.4, -0.2) is 4.98 Å². The first-order valence-electron chi connectivity index (χ1n) is 5.44. The Labute approximate surface area is 90.5 Å². The number of nitrogens with two attached hydrogens (primary N) is 1. The minimum Gasteiger partial charge on any atom is -0.402 e. The Balaban J connectivity index is 2.70. The second-order valence-corrected chi connectivity index (χ2v) is 5.17. The average Bonchev–Trinajstić information content (AvgIpc) is 2.16. The zero-order valence-corrected chi connectivity index (χ0v) is 9.67. The van der Waals surface area contributed by atoms with Crippen LogP contribution in [-0.2, 0) is 5.41 Å². The van der Waals surface area contributed by atoms with Crippen molar-refractivity contribution < 1.29 is 0 Å². The van der Waals surface area contributed by atoms with Crippen molar-refractivity contribution in [3.63, 3.8) is 0 Å². The number of fused-ring (bicyclic) bond motifs is 1. The molecule has 15 heavy (non-hydrogen) atoms. The molecule has 0 fully saturated rings. The van der Waals surface area contributed by atoms with Crippen molar-refractivity contribution in [2.45, 2.75) is 39.0 Å². The summed E-state index contributed by atoms with van der Waals surface area (Å²) in [6.45, 7) is 6.51. The Hall–Kier alpha value is -1.31. The van der Waals surface area contributed by atoms with Crippen molar-refractivity contribution >= 4 is 11.8 Å². The Morgan fingerprint density at radius 1 is 1.33 bits per heavy atom. The number of pyridine rings is 1. The Kier molecular flexibility index (Phi) is 2.29. The molecular weight excluding hydrogens is 184 g/mol. The van der Waals surface area contributed by atoms with Gasteiger partial charge in [-0.15, -0.1) is 0 Å². The molecule has 1 aliphatic rings. The van der Waals surface area contributed by atoms with E-state index in [1.165, 1.54) is 10.4 Å². The molecule has 2 rings (SSSR count). The van der Waals surface area contributed by atoms with Gasteiger partial charge in [0.25, 0.3) is 0 Å². The third-order valence-corrected chi connectivity index (χ3v) is 2.83. The standard InChI is InChI=1S/C13H18N2/c1-13(2,3)12-7-10-9(8-15-12)5-4-6-11(10)14/h5,7-8H,4,6,14H2,1-3H3. The molecule has 1 aromatic heterocycles. The summed E-state index contributed by atoms with van der Waals surface area (Å²) in [6, 6.07) is 2.14. The number of aromatic nitrogens is 1. The van der Waals surface area contributed by atoms with Gasteiger partial charge in [0.15, 0.2) is 0 Å². The molecule has 0 unspecified atom stereocenters. The highest BCUT2D eigenvalue weighted by atomic mass is 14.7. The first-order valence-corrected chi connectivity index (χ1v) is 5.44. The number of hydrogen-bond donors (Lipinski definition) is 1. The smallest absolute Gasteiger partial charge is 0.0464 e. The predicted molar refractivity (Wildman–Crippen MR) is 63.5 cm³/mol. The summed E-state index contributed by atoms with van der Waals surface area (Å²) in [4.78, 5) is 4.50. The normalized spacial score (nSPS) is 15.8. The lowest BCUT2D eigenvalue weighted by Crippen LogP contribution is -2.35. The zero-order chi connectivity index (χ0) is 11.1. The van der Waals surface area contributed by atoms with Crippen LogP contribution in [0.15, 0.2) is 12.3 Å². The molecule has 2 nitrogen and oxygen atoms in total. The van der Waals surface area contributed by atoms with Gasteiger partial charge in [-0.05, 0) is 24.1 Å². The molecule has 2 N–H and O–H groups in total. The van der Waals surface area contributed by atoms with Gasteiger partial charge >= 0.3 is 0 Å². The minimum atomic E-state index is 0.0900. The van der Waals surface area contributed by atoms with Crippen molar-refractivity contribution in [3.8, 4) is 0 Å². The molecule has 0 atom stereocenters. The highest BCUT2D eigenvalue weighted by Gasteiger charge is 2.15. The van der Waals surface area contributed by atoms with Crippen molar-refractivity contribution in [3.05, 3.63) is 28.4 Å². The fourth-order valence-electron chi connectivity index (χ4n) is 1.83. The summed E-state index contributed by atoms with van der Waals surface area (Å²) in [5, 5.41) is 2.37. The van der Waals surface area contributed by atoms with E-state index in [0.717, 1.165) is 24.2 Å². The van der Waals surface area contributed by atoms with Gasteiger partial charge in [-0.2, -0.15) is 0 Å². The summed E-state index contributed by atoms with van der Waals surface area (Å²) in [7, 11) is 0. The summed E-state index contributed by atoms with van der Waals surface area (Å²) in [5.74, 6) is 0. The molecular formula is C13H18N2. The summed E-state index contributed by atoms with van der Waals surface area (Å²) in [5.41, 5.74) is 8.23. The maximum Gasteiger partial charge on any atom is 0.0464 e. The highest BCUT2D eigenvalue weighted by molar-refractivity contribution is 5.48. The van der Waals surface area contributed by atoms with Crippen LogP contribution in [0, 0.1) is 0 Å². The van der Waals surface area contributed by atoms with Crippen molar-refractivity contribution in [1.29, 1.82) is 0 Å². The van der Waals surface area contributed by atoms with Gasteiger partial charge in [-0.3, -0.25) is 4.98 Å². The first kappa shape index (κ1) is 10.2. The van der Waals surface area contributed by atoms with Gasteiger partial charge in [0.1, 0.15) is 0 Å². The van der Waals surface area contributed by atoms with Crippen molar-refractivity contribution in [2.75, 3.05) is 0 Å². The number of rotatable bonds is 0. The lowest BCUT2D eigenvalue weighted by atomic mass is 9.90. The average molecular weight is 202 g/mol. The molecule has 0 amide bonds. The van der Waals surface area contributed by atoms with Crippen LogP contribution >= 0.6 is 0 Å². The van der Waals surface area contributed by atoms with Gasteiger partial charge in [0, 0.05) is 28.2 Å². The molecule has 0 bridgehead atoms. The van der Waals surface area contributed by atoms with E-state index in [-0.39, 0.29) is 5.41 Å². The highest BCUT2D eigenvalue weighted by Crippen LogP contribution is 2.17. The predicted octanol–water partition coefficient (Wildman–Crippen LogP) is 1.02. The molecule has 80 valence electrons. The molecule has 2 heteroatoms. The van der Waals surface area contributed by atoms with E-state index in [4.69, 9.17) is 5.73 Å². The fourth-order valence-corrected chi connectivity index (χ4v) is 1.83. The SMILES string of the molecule is CC(C)(C)c1cc2c(cn1)=CCCC=2N. The van der Waals surface area contributed by atoms with Crippen LogP contribution < -0.4 is 16.2 Å². The largest absolute Gasteiger partial charge is 0.402 e. The van der Waals surface area contributed by atoms with E-state index in [9.17, 15) is 0 Å². The Bertz CT molecular complexity index is 492. The van der Waals surface area contributed by atoms with Gasteiger partial charge < -0.3 is 5.73 Å². The van der Waals surface area contributed by atoms with E-state index in [2.05, 4.69) is 37.9 Å². The third kappa shape index (κ3) is 1.89. The molecule has 0 aromatic carbocycles. The zero-order valence-electron chi connectivity index (χ0n) is 9.67. The monoisotopic (exact) mass is 202 g/mol. The van der Waals surface area contributed by atoms with Crippen LogP contribution in [0.2, 0.25) is 0 Å². The summed E-state index contributed by atoms with van der Waals surface area (Å²) in [6.07, 6.45) is 6.17. The van der Waals surface area contributed by atoms with Gasteiger partial charge in [0.2, 0.25) is 0 Å². The van der Waals surface area contributed by atoms with Gasteiger partial charge in [-0.25, -0.2) is 0 Å². The van der Waals surface area contributed by atoms with E-state index in [1.807, 2.05) is 6.20 Å². The van der Waals surface area contributed by atoms with Crippen LogP contribution in [0.4, 0.5) is 0 Å². The van der Waals surface area contributed by atoms with Crippen molar-refractivity contribution in [1.82, 2.24) is 4.98 Å². The van der Waals surface area contributed by atoms with Crippen LogP contribution in [0.25, 0.3) is 11.8 Å². The van der Waals surface area contributed by atoms with Gasteiger partial charge in [0.05, 0.1) is 0 Å². The van der Waals surface area contributed by atoms with Crippen LogP contribution in [0.1, 0.15) is 39.3 Å². The van der Waals surface area contributed by atoms with Crippen LogP contribution in [0.3, 0.4) is 0 Å². The Morgan fingerprint density at radius 3 is 2.73 bits per heavy atom. The summed E-state index contributed by atoms with van der Waals surface area (Å²) >= 11 is 0. The minimum absolute atomic E-state index is 0.0900. The van der Waals surface area contributed by atoms with Crippen LogP contribution in [0.5, 0.6) is 0 Å². The molecule has 1 aromatic rings. The first-order chi connectivity index (χ1) is 6.98. The molecule has 1 aliphatic carbocycles. The van der Waals surface area contributed by atoms with E-state index in [0.29, 0.717) is 0 Å². The lowest BCUT2D eigenvalue weighted by Gasteiger charge is -2.18. The molecule has 0 saturated carbocycles. The molecule has 0 saturated heterocycles. The fraction of sp³-hybridized carbons (Fsp3) is 0.462. The number of nitrogens with zero attached hydrogens (tertiary/aromatic N) is 1. The lowest BCUT2D eigenvalue weighted by molar-refractivity contribution is 0.567. The molecule has 0 spiro atoms. The molecule has 0 aliphatic heterocycles. The third-order valence-electron chi connectivity index (χ3n) is 2.83. The number of hydrogen-bond acceptors (Lipinski definition) is 2. The Morgan fingerprint density at radius 2 is 2.07 bits per heavy atom. The van der Waals surface area contributed by atoms with Gasteiger partial charge in [-0.1, -0.05) is 26.8 Å². The van der Waals surface area contributed by atoms with E-state index >= 15 is 0 Å². The van der Waals surface area contributed by atoms with E-state index in [1.54, 1.807) is 0 Å². The molecule has 0 radical (unpaired) electrons. The second-order valence-electron chi connectivity index (χ2n) is 5.17. The maximum atomic E-state index is 6.03. The quantitative estimate of drug-likeness (QED) is 0.682. The maximum absolute atomic E-state index is 6.03. The second kappa shape index (κ2) is 3.37.